The fourth-order valence-corrected chi connectivity index (χ4v) is 2.94. The van der Waals surface area contributed by atoms with E-state index >= 15 is 0 Å². The molecule has 0 bridgehead atoms. The smallest absolute Gasteiger partial charge is 0.273 e. The van der Waals surface area contributed by atoms with Gasteiger partial charge in [-0.25, -0.2) is 0 Å². The number of non-ortho nitro benzene ring substituents is 1. The molecular formula is C14H22N4O2. The third kappa shape index (κ3) is 3.60. The molecule has 1 aromatic carbocycles. The van der Waals surface area contributed by atoms with E-state index in [0.29, 0.717) is 17.1 Å². The van der Waals surface area contributed by atoms with Gasteiger partial charge in [0.15, 0.2) is 0 Å². The Bertz CT molecular complexity index is 502. The van der Waals surface area contributed by atoms with Gasteiger partial charge in [-0.05, 0) is 30.7 Å². The van der Waals surface area contributed by atoms with E-state index < -0.39 is 4.92 Å². The molecule has 0 heterocycles. The van der Waals surface area contributed by atoms with Crippen molar-refractivity contribution in [1.29, 1.82) is 0 Å². The van der Waals surface area contributed by atoms with Gasteiger partial charge in [0.1, 0.15) is 0 Å². The summed E-state index contributed by atoms with van der Waals surface area (Å²) in [6, 6.07) is 5.14. The Labute approximate surface area is 118 Å². The molecular weight excluding hydrogens is 256 g/mol. The van der Waals surface area contributed by atoms with Crippen LogP contribution in [0.25, 0.3) is 0 Å². The number of rotatable bonds is 4. The summed E-state index contributed by atoms with van der Waals surface area (Å²) < 4.78 is 0. The van der Waals surface area contributed by atoms with Gasteiger partial charge < -0.3 is 10.7 Å². The molecule has 1 aliphatic rings. The van der Waals surface area contributed by atoms with Crippen LogP contribution in [0.15, 0.2) is 18.2 Å². The van der Waals surface area contributed by atoms with Gasteiger partial charge in [0.05, 0.1) is 10.6 Å². The molecule has 4 N–H and O–H groups in total. The van der Waals surface area contributed by atoms with Gasteiger partial charge in [-0.2, -0.15) is 0 Å². The van der Waals surface area contributed by atoms with Crippen molar-refractivity contribution in [1.82, 2.24) is 0 Å². The van der Waals surface area contributed by atoms with Crippen molar-refractivity contribution in [2.45, 2.75) is 45.6 Å². The summed E-state index contributed by atoms with van der Waals surface area (Å²) in [5, 5.41) is 14.3. The predicted molar refractivity (Wildman–Crippen MR) is 80.6 cm³/mol. The number of benzene rings is 1. The van der Waals surface area contributed by atoms with Crippen molar-refractivity contribution in [2.75, 3.05) is 10.7 Å². The number of nitrogens with one attached hydrogen (secondary N) is 2. The SMILES string of the molecule is CC1(C)CCCC(Nc2cc(NN)cc([N+](=O)[O-])c2)C1. The third-order valence-electron chi connectivity index (χ3n) is 3.87. The molecule has 0 spiro atoms. The molecule has 1 unspecified atom stereocenters. The van der Waals surface area contributed by atoms with Crippen molar-refractivity contribution in [3.63, 3.8) is 0 Å². The number of hydrogen-bond donors (Lipinski definition) is 3. The van der Waals surface area contributed by atoms with Crippen molar-refractivity contribution in [3.8, 4) is 0 Å². The molecule has 0 saturated heterocycles. The molecule has 0 aliphatic heterocycles. The second-order valence-electron chi connectivity index (χ2n) is 6.27. The number of hydrazine groups is 1. The highest BCUT2D eigenvalue weighted by molar-refractivity contribution is 5.63. The van der Waals surface area contributed by atoms with Crippen LogP contribution in [0, 0.1) is 15.5 Å². The van der Waals surface area contributed by atoms with Crippen LogP contribution in [0.3, 0.4) is 0 Å². The van der Waals surface area contributed by atoms with Crippen molar-refractivity contribution < 1.29 is 4.92 Å². The summed E-state index contributed by atoms with van der Waals surface area (Å²) in [7, 11) is 0. The molecule has 0 amide bonds. The van der Waals surface area contributed by atoms with Crippen molar-refractivity contribution in [2.24, 2.45) is 11.3 Å². The van der Waals surface area contributed by atoms with E-state index in [9.17, 15) is 10.1 Å². The molecule has 1 atom stereocenters. The van der Waals surface area contributed by atoms with E-state index in [2.05, 4.69) is 24.6 Å². The van der Waals surface area contributed by atoms with Gasteiger partial charge in [0.2, 0.25) is 0 Å². The number of nitro groups is 1. The van der Waals surface area contributed by atoms with Gasteiger partial charge in [0.25, 0.3) is 5.69 Å². The zero-order chi connectivity index (χ0) is 14.8. The fourth-order valence-electron chi connectivity index (χ4n) is 2.94. The highest BCUT2D eigenvalue weighted by Gasteiger charge is 2.28. The van der Waals surface area contributed by atoms with E-state index in [1.54, 1.807) is 12.1 Å². The highest BCUT2D eigenvalue weighted by atomic mass is 16.6. The van der Waals surface area contributed by atoms with Crippen molar-refractivity contribution in [3.05, 3.63) is 28.3 Å². The molecule has 1 aromatic rings. The first-order chi connectivity index (χ1) is 9.39. The first kappa shape index (κ1) is 14.6. The molecule has 6 nitrogen and oxygen atoms in total. The molecule has 1 fully saturated rings. The lowest BCUT2D eigenvalue weighted by atomic mass is 9.75. The largest absolute Gasteiger partial charge is 0.382 e. The quantitative estimate of drug-likeness (QED) is 0.446. The highest BCUT2D eigenvalue weighted by Crippen LogP contribution is 2.37. The van der Waals surface area contributed by atoms with Gasteiger partial charge in [0, 0.05) is 23.9 Å². The minimum absolute atomic E-state index is 0.0398. The lowest BCUT2D eigenvalue weighted by molar-refractivity contribution is -0.384. The van der Waals surface area contributed by atoms with Gasteiger partial charge >= 0.3 is 0 Å². The third-order valence-corrected chi connectivity index (χ3v) is 3.87. The minimum atomic E-state index is -0.406. The lowest BCUT2D eigenvalue weighted by Crippen LogP contribution is -2.31. The zero-order valence-corrected chi connectivity index (χ0v) is 12.0. The van der Waals surface area contributed by atoms with E-state index in [1.807, 2.05) is 0 Å². The number of anilines is 2. The summed E-state index contributed by atoms with van der Waals surface area (Å²) >= 11 is 0. The Morgan fingerprint density at radius 1 is 1.35 bits per heavy atom. The Kier molecular flexibility index (Phi) is 4.13. The summed E-state index contributed by atoms with van der Waals surface area (Å²) in [6.45, 7) is 4.53. The summed E-state index contributed by atoms with van der Waals surface area (Å²) in [5.74, 6) is 5.36. The van der Waals surface area contributed by atoms with E-state index in [1.165, 1.54) is 18.9 Å². The second-order valence-corrected chi connectivity index (χ2v) is 6.27. The van der Waals surface area contributed by atoms with E-state index in [0.717, 1.165) is 18.5 Å². The average Bonchev–Trinajstić information content (AvgIpc) is 2.37. The molecule has 0 radical (unpaired) electrons. The predicted octanol–water partition coefficient (Wildman–Crippen LogP) is 3.26. The number of nitrogen functional groups attached to an aromatic ring is 1. The molecule has 2 rings (SSSR count). The molecule has 20 heavy (non-hydrogen) atoms. The number of nitro benzene ring substituents is 1. The van der Waals surface area contributed by atoms with Crippen molar-refractivity contribution >= 4 is 17.1 Å². The van der Waals surface area contributed by atoms with E-state index in [4.69, 9.17) is 5.84 Å². The standard InChI is InChI=1S/C14H22N4O2/c1-14(2)5-3-4-10(9-14)16-11-6-12(17-15)8-13(7-11)18(19)20/h6-8,10,16-17H,3-5,9,15H2,1-2H3. The minimum Gasteiger partial charge on any atom is -0.382 e. The Balaban J connectivity index is 2.16. The van der Waals surface area contributed by atoms with Crippen LogP contribution in [0.5, 0.6) is 0 Å². The Hall–Kier alpha value is -1.82. The van der Waals surface area contributed by atoms with E-state index in [-0.39, 0.29) is 5.69 Å². The maximum absolute atomic E-state index is 10.9. The zero-order valence-electron chi connectivity index (χ0n) is 12.0. The molecule has 0 aromatic heterocycles. The average molecular weight is 278 g/mol. The lowest BCUT2D eigenvalue weighted by Gasteiger charge is -2.36. The molecule has 110 valence electrons. The van der Waals surface area contributed by atoms with Crippen LogP contribution in [0.4, 0.5) is 17.1 Å². The normalized spacial score (nSPS) is 21.2. The maximum atomic E-state index is 10.9. The summed E-state index contributed by atoms with van der Waals surface area (Å²) in [4.78, 5) is 10.5. The van der Waals surface area contributed by atoms with Gasteiger partial charge in [-0.1, -0.05) is 20.3 Å². The fraction of sp³-hybridized carbons (Fsp3) is 0.571. The summed E-state index contributed by atoms with van der Waals surface area (Å²) in [6.07, 6.45) is 4.58. The maximum Gasteiger partial charge on any atom is 0.273 e. The molecule has 1 saturated carbocycles. The van der Waals surface area contributed by atoms with Gasteiger partial charge in [-0.15, -0.1) is 0 Å². The monoisotopic (exact) mass is 278 g/mol. The number of hydrogen-bond acceptors (Lipinski definition) is 5. The van der Waals surface area contributed by atoms with Crippen LogP contribution in [-0.4, -0.2) is 11.0 Å². The second kappa shape index (κ2) is 5.66. The van der Waals surface area contributed by atoms with Crippen LogP contribution in [0.1, 0.15) is 39.5 Å². The van der Waals surface area contributed by atoms with Crippen LogP contribution in [-0.2, 0) is 0 Å². The molecule has 1 aliphatic carbocycles. The first-order valence-corrected chi connectivity index (χ1v) is 6.92. The topological polar surface area (TPSA) is 93.2 Å². The molecule has 6 heteroatoms. The number of nitrogens with two attached hydrogens (primary N) is 1. The number of nitrogens with zero attached hydrogens (tertiary/aromatic N) is 1. The van der Waals surface area contributed by atoms with Crippen LogP contribution >= 0.6 is 0 Å². The summed E-state index contributed by atoms with van der Waals surface area (Å²) in [5.41, 5.74) is 4.12. The Morgan fingerprint density at radius 2 is 2.05 bits per heavy atom. The first-order valence-electron chi connectivity index (χ1n) is 6.92. The van der Waals surface area contributed by atoms with Crippen LogP contribution in [0.2, 0.25) is 0 Å². The Morgan fingerprint density at radius 3 is 2.65 bits per heavy atom. The van der Waals surface area contributed by atoms with Crippen LogP contribution < -0.4 is 16.6 Å². The van der Waals surface area contributed by atoms with Gasteiger partial charge in [-0.3, -0.25) is 16.0 Å².